The molecule has 0 saturated carbocycles. The van der Waals surface area contributed by atoms with Crippen LogP contribution >= 0.6 is 0 Å². The predicted octanol–water partition coefficient (Wildman–Crippen LogP) is 6.06. The van der Waals surface area contributed by atoms with Crippen molar-refractivity contribution >= 4 is 11.7 Å². The minimum absolute atomic E-state index is 0.234. The van der Waals surface area contributed by atoms with Crippen LogP contribution in [-0.4, -0.2) is 15.5 Å². The number of benzene rings is 3. The van der Waals surface area contributed by atoms with E-state index in [1.54, 1.807) is 12.1 Å². The zero-order valence-electron chi connectivity index (χ0n) is 17.1. The Labute approximate surface area is 180 Å². The Morgan fingerprint density at radius 1 is 0.968 bits per heavy atom. The quantitative estimate of drug-likeness (QED) is 0.428. The van der Waals surface area contributed by atoms with E-state index in [0.717, 1.165) is 28.1 Å². The molecule has 0 bridgehead atoms. The van der Waals surface area contributed by atoms with Crippen LogP contribution < -0.4 is 5.32 Å². The highest BCUT2D eigenvalue weighted by atomic mass is 19.1. The molecule has 1 atom stereocenters. The SMILES string of the molecule is Cc1cccc([C@@H]2c3cccn3-c3ccccc3CN2C(=O)Nc2ccc(F)cc2)c1. The number of carbonyl (C=O) groups is 1. The molecule has 2 amide bonds. The van der Waals surface area contributed by atoms with Crippen LogP contribution in [0.1, 0.15) is 28.4 Å². The first kappa shape index (κ1) is 19.1. The van der Waals surface area contributed by atoms with Gasteiger partial charge in [-0.25, -0.2) is 9.18 Å². The molecule has 1 N–H and O–H groups in total. The summed E-state index contributed by atoms with van der Waals surface area (Å²) >= 11 is 0. The third-order valence-corrected chi connectivity index (χ3v) is 5.68. The van der Waals surface area contributed by atoms with Crippen LogP contribution in [0.25, 0.3) is 5.69 Å². The Hall–Kier alpha value is -3.86. The predicted molar refractivity (Wildman–Crippen MR) is 120 cm³/mol. The lowest BCUT2D eigenvalue weighted by Gasteiger charge is -2.31. The molecular weight excluding hydrogens is 389 g/mol. The number of hydrogen-bond donors (Lipinski definition) is 1. The van der Waals surface area contributed by atoms with Crippen molar-refractivity contribution in [3.63, 3.8) is 0 Å². The highest BCUT2D eigenvalue weighted by molar-refractivity contribution is 5.90. The van der Waals surface area contributed by atoms with Gasteiger partial charge in [0, 0.05) is 17.6 Å². The fraction of sp³-hybridized carbons (Fsp3) is 0.115. The van der Waals surface area contributed by atoms with Gasteiger partial charge in [-0.05, 0) is 60.5 Å². The second-order valence-corrected chi connectivity index (χ2v) is 7.81. The number of carbonyl (C=O) groups excluding carboxylic acids is 1. The number of nitrogens with one attached hydrogen (secondary N) is 1. The van der Waals surface area contributed by atoms with Gasteiger partial charge in [0.25, 0.3) is 0 Å². The smallest absolute Gasteiger partial charge is 0.318 e. The topological polar surface area (TPSA) is 37.3 Å². The molecule has 1 aromatic heterocycles. The summed E-state index contributed by atoms with van der Waals surface area (Å²) in [4.78, 5) is 15.4. The lowest BCUT2D eigenvalue weighted by Crippen LogP contribution is -2.37. The van der Waals surface area contributed by atoms with Crippen molar-refractivity contribution in [2.45, 2.75) is 19.5 Å². The van der Waals surface area contributed by atoms with E-state index in [4.69, 9.17) is 0 Å². The number of urea groups is 1. The summed E-state index contributed by atoms with van der Waals surface area (Å²) in [6.45, 7) is 2.50. The molecule has 31 heavy (non-hydrogen) atoms. The Bertz CT molecular complexity index is 1250. The third kappa shape index (κ3) is 3.59. The fourth-order valence-electron chi connectivity index (χ4n) is 4.26. The van der Waals surface area contributed by atoms with Gasteiger partial charge in [-0.2, -0.15) is 0 Å². The monoisotopic (exact) mass is 411 g/mol. The van der Waals surface area contributed by atoms with Gasteiger partial charge < -0.3 is 14.8 Å². The van der Waals surface area contributed by atoms with Gasteiger partial charge in [0.05, 0.1) is 18.3 Å². The lowest BCUT2D eigenvalue weighted by molar-refractivity contribution is 0.194. The van der Waals surface area contributed by atoms with E-state index >= 15 is 0 Å². The molecule has 154 valence electrons. The second-order valence-electron chi connectivity index (χ2n) is 7.81. The average Bonchev–Trinajstić information content (AvgIpc) is 3.19. The molecule has 0 fully saturated rings. The lowest BCUT2D eigenvalue weighted by atomic mass is 10.00. The van der Waals surface area contributed by atoms with Crippen molar-refractivity contribution < 1.29 is 9.18 Å². The number of fused-ring (bicyclic) bond motifs is 3. The molecule has 0 unspecified atom stereocenters. The highest BCUT2D eigenvalue weighted by Crippen LogP contribution is 2.37. The fourth-order valence-corrected chi connectivity index (χ4v) is 4.26. The van der Waals surface area contributed by atoms with Gasteiger partial charge in [0.15, 0.2) is 0 Å². The molecule has 0 saturated heterocycles. The van der Waals surface area contributed by atoms with Gasteiger partial charge >= 0.3 is 6.03 Å². The van der Waals surface area contributed by atoms with Crippen molar-refractivity contribution in [2.75, 3.05) is 5.32 Å². The molecule has 1 aliphatic heterocycles. The molecule has 5 rings (SSSR count). The Balaban J connectivity index is 1.63. The van der Waals surface area contributed by atoms with E-state index in [1.807, 2.05) is 35.4 Å². The van der Waals surface area contributed by atoms with Gasteiger partial charge in [-0.3, -0.25) is 0 Å². The summed E-state index contributed by atoms with van der Waals surface area (Å²) < 4.78 is 15.5. The highest BCUT2D eigenvalue weighted by Gasteiger charge is 2.33. The largest absolute Gasteiger partial charge is 0.322 e. The van der Waals surface area contributed by atoms with E-state index in [0.29, 0.717) is 12.2 Å². The van der Waals surface area contributed by atoms with Gasteiger partial charge in [-0.1, -0.05) is 48.0 Å². The zero-order chi connectivity index (χ0) is 21.4. The number of nitrogens with zero attached hydrogens (tertiary/aromatic N) is 2. The zero-order valence-corrected chi connectivity index (χ0v) is 17.1. The molecule has 0 spiro atoms. The number of aryl methyl sites for hydroxylation is 1. The number of amides is 2. The van der Waals surface area contributed by atoms with Crippen molar-refractivity contribution in [3.05, 3.63) is 119 Å². The second kappa shape index (κ2) is 7.76. The van der Waals surface area contributed by atoms with E-state index in [9.17, 15) is 9.18 Å². The molecule has 3 aromatic carbocycles. The first-order valence-corrected chi connectivity index (χ1v) is 10.3. The maximum absolute atomic E-state index is 13.5. The molecule has 0 radical (unpaired) electrons. The minimum atomic E-state index is -0.336. The Morgan fingerprint density at radius 2 is 1.77 bits per heavy atom. The number of para-hydroxylation sites is 1. The van der Waals surface area contributed by atoms with E-state index < -0.39 is 0 Å². The Kier molecular flexibility index (Phi) is 4.79. The first-order valence-electron chi connectivity index (χ1n) is 10.3. The van der Waals surface area contributed by atoms with Crippen molar-refractivity contribution in [1.82, 2.24) is 9.47 Å². The van der Waals surface area contributed by atoms with Crippen molar-refractivity contribution in [1.29, 1.82) is 0 Å². The molecule has 1 aliphatic rings. The third-order valence-electron chi connectivity index (χ3n) is 5.68. The molecule has 4 aromatic rings. The normalized spacial score (nSPS) is 15.0. The summed E-state index contributed by atoms with van der Waals surface area (Å²) in [5.74, 6) is -0.336. The average molecular weight is 411 g/mol. The van der Waals surface area contributed by atoms with Gasteiger partial charge in [-0.15, -0.1) is 0 Å². The van der Waals surface area contributed by atoms with Gasteiger partial charge in [0.2, 0.25) is 0 Å². The van der Waals surface area contributed by atoms with Crippen LogP contribution in [-0.2, 0) is 6.54 Å². The molecule has 5 heteroatoms. The molecule has 0 aliphatic carbocycles. The van der Waals surface area contributed by atoms with Crippen LogP contribution in [0.5, 0.6) is 0 Å². The maximum Gasteiger partial charge on any atom is 0.322 e. The summed E-state index contributed by atoms with van der Waals surface area (Å²) in [5, 5.41) is 2.95. The number of anilines is 1. The van der Waals surface area contributed by atoms with Crippen LogP contribution in [0, 0.1) is 12.7 Å². The number of halogens is 1. The number of hydrogen-bond acceptors (Lipinski definition) is 1. The van der Waals surface area contributed by atoms with E-state index in [1.165, 1.54) is 12.1 Å². The van der Waals surface area contributed by atoms with Crippen molar-refractivity contribution in [2.24, 2.45) is 0 Å². The van der Waals surface area contributed by atoms with Crippen molar-refractivity contribution in [3.8, 4) is 5.69 Å². The summed E-state index contributed by atoms with van der Waals surface area (Å²) in [7, 11) is 0. The standard InChI is InChI=1S/C26H22FN3O/c1-18-6-4-8-19(16-18)25-24-10-5-15-29(24)23-9-3-2-7-20(23)17-30(25)26(31)28-22-13-11-21(27)12-14-22/h2-16,25H,17H2,1H3,(H,28,31)/t25-/m1/s1. The summed E-state index contributed by atoms with van der Waals surface area (Å²) in [6.07, 6.45) is 2.04. The molecule has 2 heterocycles. The van der Waals surface area contributed by atoms with Gasteiger partial charge in [0.1, 0.15) is 5.82 Å². The van der Waals surface area contributed by atoms with Crippen LogP contribution in [0.15, 0.2) is 91.1 Å². The molecular formula is C26H22FN3O. The molecule has 4 nitrogen and oxygen atoms in total. The van der Waals surface area contributed by atoms with E-state index in [2.05, 4.69) is 53.2 Å². The minimum Gasteiger partial charge on any atom is -0.318 e. The Morgan fingerprint density at radius 3 is 2.58 bits per heavy atom. The van der Waals surface area contributed by atoms with Crippen LogP contribution in [0.2, 0.25) is 0 Å². The number of rotatable bonds is 2. The summed E-state index contributed by atoms with van der Waals surface area (Å²) in [6, 6.07) is 25.8. The number of aromatic nitrogens is 1. The van der Waals surface area contributed by atoms with Crippen LogP contribution in [0.4, 0.5) is 14.9 Å². The first-order chi connectivity index (χ1) is 15.1. The maximum atomic E-state index is 13.5. The van der Waals surface area contributed by atoms with Crippen LogP contribution in [0.3, 0.4) is 0 Å². The van der Waals surface area contributed by atoms with E-state index in [-0.39, 0.29) is 17.9 Å². The summed E-state index contributed by atoms with van der Waals surface area (Å²) in [5.41, 5.74) is 5.88.